The highest BCUT2D eigenvalue weighted by molar-refractivity contribution is 6.36. The van der Waals surface area contributed by atoms with E-state index < -0.39 is 11.7 Å². The maximum Gasteiger partial charge on any atom is 0.437 e. The highest BCUT2D eigenvalue weighted by atomic mass is 35.5. The summed E-state index contributed by atoms with van der Waals surface area (Å²) in [4.78, 5) is 22.8. The van der Waals surface area contributed by atoms with E-state index in [0.29, 0.717) is 5.56 Å². The molecular formula is C14H15Cl2N3O4. The number of carbonyl (C=O) groups is 1. The fourth-order valence-electron chi connectivity index (χ4n) is 1.86. The van der Waals surface area contributed by atoms with Gasteiger partial charge in [-0.1, -0.05) is 23.2 Å². The van der Waals surface area contributed by atoms with Crippen molar-refractivity contribution in [3.8, 4) is 5.75 Å². The van der Waals surface area contributed by atoms with Crippen LogP contribution in [0.15, 0.2) is 21.3 Å². The second-order valence-electron chi connectivity index (χ2n) is 5.02. The summed E-state index contributed by atoms with van der Waals surface area (Å²) in [7, 11) is 0. The monoisotopic (exact) mass is 359 g/mol. The first-order chi connectivity index (χ1) is 10.8. The molecule has 0 amide bonds. The molecule has 0 aliphatic heterocycles. The summed E-state index contributed by atoms with van der Waals surface area (Å²) >= 11 is 12.3. The Kier molecular flexibility index (Phi) is 5.46. The first-order valence-corrected chi connectivity index (χ1v) is 7.54. The van der Waals surface area contributed by atoms with Crippen molar-refractivity contribution < 1.29 is 13.9 Å². The number of ether oxygens (including phenoxy) is 1. The number of rotatable bonds is 5. The summed E-state index contributed by atoms with van der Waals surface area (Å²) in [5.74, 6) is -0.769. The first kappa shape index (κ1) is 17.5. The zero-order chi connectivity index (χ0) is 17.1. The van der Waals surface area contributed by atoms with Gasteiger partial charge in [0.1, 0.15) is 5.75 Å². The van der Waals surface area contributed by atoms with E-state index in [9.17, 15) is 9.59 Å². The molecule has 1 heterocycles. The molecule has 0 radical (unpaired) electrons. The lowest BCUT2D eigenvalue weighted by atomic mass is 10.1. The number of carbonyl (C=O) groups excluding carboxylic acids is 1. The minimum Gasteiger partial charge on any atom is -0.425 e. The Hall–Kier alpha value is -1.83. The molecule has 0 bridgehead atoms. The average Bonchev–Trinajstić information content (AvgIpc) is 2.84. The number of benzene rings is 1. The lowest BCUT2D eigenvalue weighted by Gasteiger charge is -2.08. The Labute approximate surface area is 141 Å². The van der Waals surface area contributed by atoms with E-state index >= 15 is 0 Å². The summed E-state index contributed by atoms with van der Waals surface area (Å²) in [6.07, 6.45) is 0.137. The van der Waals surface area contributed by atoms with Gasteiger partial charge in [-0.05, 0) is 31.5 Å². The third-order valence-corrected chi connectivity index (χ3v) is 3.62. The van der Waals surface area contributed by atoms with Gasteiger partial charge in [-0.15, -0.1) is 5.10 Å². The van der Waals surface area contributed by atoms with Crippen LogP contribution in [-0.4, -0.2) is 22.3 Å². The summed E-state index contributed by atoms with van der Waals surface area (Å²) in [6.45, 7) is 3.37. The summed E-state index contributed by atoms with van der Waals surface area (Å²) < 4.78 is 11.3. The number of hydrogen-bond acceptors (Lipinski definition) is 6. The standard InChI is InChI=1S/C14H15Cl2N3O4/c1-7(2)19-14(21)23-12(18-19)5-9-10(15)3-8(4-11(9)16)22-13(20)6-17/h3-4,7H,5-6,17H2,1-2H3. The molecule has 0 aliphatic carbocycles. The quantitative estimate of drug-likeness (QED) is 0.648. The Morgan fingerprint density at radius 3 is 2.48 bits per heavy atom. The molecule has 0 saturated carbocycles. The molecule has 0 saturated heterocycles. The third-order valence-electron chi connectivity index (χ3n) is 2.94. The predicted molar refractivity (Wildman–Crippen MR) is 85.1 cm³/mol. The summed E-state index contributed by atoms with van der Waals surface area (Å²) in [5.41, 5.74) is 5.69. The number of halogens is 2. The topological polar surface area (TPSA) is 100 Å². The zero-order valence-electron chi connectivity index (χ0n) is 12.5. The van der Waals surface area contributed by atoms with Gasteiger partial charge in [0.15, 0.2) is 0 Å². The van der Waals surface area contributed by atoms with Crippen molar-refractivity contribution in [3.63, 3.8) is 0 Å². The van der Waals surface area contributed by atoms with Crippen LogP contribution in [0.5, 0.6) is 5.75 Å². The number of esters is 1. The molecule has 2 rings (SSSR count). The highest BCUT2D eigenvalue weighted by Gasteiger charge is 2.16. The fourth-order valence-corrected chi connectivity index (χ4v) is 2.46. The van der Waals surface area contributed by atoms with Gasteiger partial charge in [-0.3, -0.25) is 4.79 Å². The number of aromatic nitrogens is 2. The van der Waals surface area contributed by atoms with E-state index in [0.717, 1.165) is 0 Å². The van der Waals surface area contributed by atoms with Crippen LogP contribution in [0.2, 0.25) is 10.0 Å². The summed E-state index contributed by atoms with van der Waals surface area (Å²) in [6, 6.07) is 2.76. The summed E-state index contributed by atoms with van der Waals surface area (Å²) in [5, 5.41) is 4.62. The van der Waals surface area contributed by atoms with Gasteiger partial charge in [-0.2, -0.15) is 4.68 Å². The third kappa shape index (κ3) is 4.13. The van der Waals surface area contributed by atoms with Crippen LogP contribution < -0.4 is 16.2 Å². The molecule has 0 aliphatic rings. The maximum absolute atomic E-state index is 11.6. The molecule has 9 heteroatoms. The molecule has 2 N–H and O–H groups in total. The van der Waals surface area contributed by atoms with Crippen molar-refractivity contribution in [2.75, 3.05) is 6.54 Å². The zero-order valence-corrected chi connectivity index (χ0v) is 14.0. The van der Waals surface area contributed by atoms with Gasteiger partial charge >= 0.3 is 11.7 Å². The molecular weight excluding hydrogens is 345 g/mol. The molecule has 124 valence electrons. The SMILES string of the molecule is CC(C)n1nc(Cc2c(Cl)cc(OC(=O)CN)cc2Cl)oc1=O. The van der Waals surface area contributed by atoms with Gasteiger partial charge in [-0.25, -0.2) is 4.79 Å². The van der Waals surface area contributed by atoms with Crippen molar-refractivity contribution >= 4 is 29.2 Å². The van der Waals surface area contributed by atoms with Crippen LogP contribution in [0.25, 0.3) is 0 Å². The molecule has 0 spiro atoms. The predicted octanol–water partition coefficient (Wildman–Crippen LogP) is 2.18. The first-order valence-electron chi connectivity index (χ1n) is 6.79. The Balaban J connectivity index is 2.28. The van der Waals surface area contributed by atoms with Crippen LogP contribution in [0.4, 0.5) is 0 Å². The fraction of sp³-hybridized carbons (Fsp3) is 0.357. The minimum atomic E-state index is -0.605. The number of nitrogens with zero attached hydrogens (tertiary/aromatic N) is 2. The molecule has 7 nitrogen and oxygen atoms in total. The maximum atomic E-state index is 11.6. The largest absolute Gasteiger partial charge is 0.437 e. The van der Waals surface area contributed by atoms with E-state index in [1.807, 2.05) is 13.8 Å². The second kappa shape index (κ2) is 7.16. The van der Waals surface area contributed by atoms with E-state index in [-0.39, 0.29) is 40.7 Å². The molecule has 0 fully saturated rings. The average molecular weight is 360 g/mol. The molecule has 0 unspecified atom stereocenters. The number of hydrogen-bond donors (Lipinski definition) is 1. The smallest absolute Gasteiger partial charge is 0.425 e. The molecule has 1 aromatic carbocycles. The molecule has 1 aromatic heterocycles. The lowest BCUT2D eigenvalue weighted by Crippen LogP contribution is -2.19. The van der Waals surface area contributed by atoms with Crippen molar-refractivity contribution in [1.82, 2.24) is 9.78 Å². The Morgan fingerprint density at radius 2 is 2.00 bits per heavy atom. The van der Waals surface area contributed by atoms with Crippen LogP contribution in [0, 0.1) is 0 Å². The van der Waals surface area contributed by atoms with Gasteiger partial charge in [0.05, 0.1) is 19.0 Å². The van der Waals surface area contributed by atoms with Crippen LogP contribution in [-0.2, 0) is 11.2 Å². The molecule has 2 aromatic rings. The van der Waals surface area contributed by atoms with Crippen LogP contribution in [0.1, 0.15) is 31.3 Å². The second-order valence-corrected chi connectivity index (χ2v) is 5.83. The van der Waals surface area contributed by atoms with E-state index in [4.69, 9.17) is 38.1 Å². The Morgan fingerprint density at radius 1 is 1.39 bits per heavy atom. The Bertz CT molecular complexity index is 760. The van der Waals surface area contributed by atoms with Crippen LogP contribution >= 0.6 is 23.2 Å². The van der Waals surface area contributed by atoms with Gasteiger partial charge in [0, 0.05) is 10.0 Å². The number of nitrogens with two attached hydrogens (primary N) is 1. The molecule has 0 atom stereocenters. The van der Waals surface area contributed by atoms with Gasteiger partial charge < -0.3 is 14.9 Å². The van der Waals surface area contributed by atoms with E-state index in [1.165, 1.54) is 16.8 Å². The van der Waals surface area contributed by atoms with Crippen molar-refractivity contribution in [1.29, 1.82) is 0 Å². The highest BCUT2D eigenvalue weighted by Crippen LogP contribution is 2.31. The van der Waals surface area contributed by atoms with Crippen molar-refractivity contribution in [2.24, 2.45) is 5.73 Å². The van der Waals surface area contributed by atoms with Crippen molar-refractivity contribution in [3.05, 3.63) is 44.2 Å². The van der Waals surface area contributed by atoms with E-state index in [1.54, 1.807) is 0 Å². The lowest BCUT2D eigenvalue weighted by molar-refractivity contribution is -0.132. The van der Waals surface area contributed by atoms with E-state index in [2.05, 4.69) is 5.10 Å². The van der Waals surface area contributed by atoms with Gasteiger partial charge in [0.25, 0.3) is 0 Å². The van der Waals surface area contributed by atoms with Crippen molar-refractivity contribution in [2.45, 2.75) is 26.3 Å². The normalized spacial score (nSPS) is 11.0. The minimum absolute atomic E-state index is 0.121. The molecule has 23 heavy (non-hydrogen) atoms. The van der Waals surface area contributed by atoms with Gasteiger partial charge in [0.2, 0.25) is 5.89 Å². The van der Waals surface area contributed by atoms with Crippen LogP contribution in [0.3, 0.4) is 0 Å².